The molecular formula is C12H21N3O4S. The Bertz CT molecular complexity index is 400. The van der Waals surface area contributed by atoms with Gasteiger partial charge in [-0.2, -0.15) is 11.8 Å². The van der Waals surface area contributed by atoms with Gasteiger partial charge in [0.05, 0.1) is 7.11 Å². The summed E-state index contributed by atoms with van der Waals surface area (Å²) in [5.74, 6) is 0.641. The Labute approximate surface area is 122 Å². The number of amides is 3. The first-order valence-electron chi connectivity index (χ1n) is 6.35. The third kappa shape index (κ3) is 4.11. The molecule has 3 amide bonds. The lowest BCUT2D eigenvalue weighted by Crippen LogP contribution is -2.40. The van der Waals surface area contributed by atoms with Gasteiger partial charge < -0.3 is 15.8 Å². The number of thioether (sulfide) groups is 1. The summed E-state index contributed by atoms with van der Waals surface area (Å²) < 4.78 is 4.52. The molecule has 1 fully saturated rings. The number of nitrogens with zero attached hydrogens (tertiary/aromatic N) is 1. The molecule has 0 bridgehead atoms. The normalized spacial score (nSPS) is 18.9. The van der Waals surface area contributed by atoms with Gasteiger partial charge in [-0.3, -0.25) is 14.5 Å². The molecular weight excluding hydrogens is 282 g/mol. The molecule has 0 saturated carbocycles. The second-order valence-corrected chi connectivity index (χ2v) is 6.27. The number of nitrogens with one attached hydrogen (secondary N) is 1. The van der Waals surface area contributed by atoms with Crippen molar-refractivity contribution in [2.24, 2.45) is 5.73 Å². The average molecular weight is 303 g/mol. The quantitative estimate of drug-likeness (QED) is 0.388. The van der Waals surface area contributed by atoms with Crippen LogP contribution in [0.25, 0.3) is 0 Å². The molecule has 0 aromatic rings. The lowest BCUT2D eigenvalue weighted by atomic mass is 10.1. The monoisotopic (exact) mass is 303 g/mol. The summed E-state index contributed by atoms with van der Waals surface area (Å²) in [5, 5.41) is 2.62. The van der Waals surface area contributed by atoms with E-state index in [1.807, 2.05) is 0 Å². The molecule has 114 valence electrons. The van der Waals surface area contributed by atoms with Gasteiger partial charge in [-0.1, -0.05) is 0 Å². The van der Waals surface area contributed by atoms with Crippen LogP contribution in [0, 0.1) is 0 Å². The maximum absolute atomic E-state index is 11.9. The summed E-state index contributed by atoms with van der Waals surface area (Å²) in [6.07, 6.45) is 0.503. The summed E-state index contributed by atoms with van der Waals surface area (Å²) in [5.41, 5.74) is 4.77. The van der Waals surface area contributed by atoms with E-state index in [4.69, 9.17) is 5.73 Å². The van der Waals surface area contributed by atoms with E-state index in [-0.39, 0.29) is 11.9 Å². The average Bonchev–Trinajstić information content (AvgIpc) is 2.58. The topological polar surface area (TPSA) is 102 Å². The highest BCUT2D eigenvalue weighted by atomic mass is 32.2. The number of esters is 1. The number of urea groups is 1. The van der Waals surface area contributed by atoms with Gasteiger partial charge >= 0.3 is 12.0 Å². The molecule has 1 atom stereocenters. The molecule has 3 N–H and O–H groups in total. The third-order valence-corrected chi connectivity index (χ3v) is 3.98. The van der Waals surface area contributed by atoms with Gasteiger partial charge in [0.15, 0.2) is 0 Å². The van der Waals surface area contributed by atoms with Crippen molar-refractivity contribution in [2.45, 2.75) is 31.8 Å². The first kappa shape index (κ1) is 16.8. The molecule has 0 spiro atoms. The summed E-state index contributed by atoms with van der Waals surface area (Å²) in [6.45, 7) is 3.71. The molecule has 0 aromatic carbocycles. The Hall–Kier alpha value is -1.28. The fraction of sp³-hybridized carbons (Fsp3) is 0.750. The number of carbonyl (C=O) groups excluding carboxylic acids is 3. The van der Waals surface area contributed by atoms with Crippen LogP contribution in [0.2, 0.25) is 0 Å². The smallest absolute Gasteiger partial charge is 0.325 e. The Morgan fingerprint density at radius 2 is 2.10 bits per heavy atom. The van der Waals surface area contributed by atoms with Crippen molar-refractivity contribution in [3.8, 4) is 0 Å². The molecule has 1 unspecified atom stereocenters. The van der Waals surface area contributed by atoms with E-state index < -0.39 is 17.6 Å². The summed E-state index contributed by atoms with van der Waals surface area (Å²) >= 11 is 1.54. The Morgan fingerprint density at radius 1 is 1.45 bits per heavy atom. The highest BCUT2D eigenvalue weighted by Crippen LogP contribution is 2.17. The maximum atomic E-state index is 11.9. The van der Waals surface area contributed by atoms with Gasteiger partial charge in [-0.15, -0.1) is 0 Å². The van der Waals surface area contributed by atoms with E-state index in [0.717, 1.165) is 0 Å². The molecule has 20 heavy (non-hydrogen) atoms. The molecule has 1 aliphatic rings. The first-order chi connectivity index (χ1) is 9.29. The minimum Gasteiger partial charge on any atom is -0.468 e. The second-order valence-electron chi connectivity index (χ2n) is 5.04. The molecule has 1 rings (SSSR count). The van der Waals surface area contributed by atoms with Gasteiger partial charge in [0.1, 0.15) is 11.6 Å². The number of rotatable bonds is 7. The molecule has 0 aliphatic carbocycles. The van der Waals surface area contributed by atoms with Crippen LogP contribution in [0.1, 0.15) is 20.3 Å². The molecule has 1 aliphatic heterocycles. The minimum atomic E-state index is -0.824. The number of hydrogen-bond donors (Lipinski definition) is 2. The van der Waals surface area contributed by atoms with Crippen LogP contribution in [0.15, 0.2) is 0 Å². The lowest BCUT2D eigenvalue weighted by molar-refractivity contribution is -0.142. The van der Waals surface area contributed by atoms with Crippen LogP contribution in [0.5, 0.6) is 0 Å². The number of imide groups is 1. The fourth-order valence-corrected chi connectivity index (χ4v) is 2.69. The van der Waals surface area contributed by atoms with Crippen LogP contribution in [0.3, 0.4) is 0 Å². The van der Waals surface area contributed by atoms with Crippen LogP contribution in [-0.4, -0.2) is 59.5 Å². The van der Waals surface area contributed by atoms with Crippen LogP contribution in [0.4, 0.5) is 4.79 Å². The molecule has 8 heteroatoms. The van der Waals surface area contributed by atoms with Crippen LogP contribution in [-0.2, 0) is 14.3 Å². The van der Waals surface area contributed by atoms with E-state index in [0.29, 0.717) is 24.5 Å². The van der Waals surface area contributed by atoms with E-state index >= 15 is 0 Å². The zero-order valence-corrected chi connectivity index (χ0v) is 12.8. The highest BCUT2D eigenvalue weighted by molar-refractivity contribution is 7.99. The summed E-state index contributed by atoms with van der Waals surface area (Å²) in [6, 6.07) is -0.977. The van der Waals surface area contributed by atoms with Gasteiger partial charge in [0.25, 0.3) is 5.91 Å². The SMILES string of the molecule is COC(=O)C(N)CCSCCN1C(=O)NC(C)(C)C1=O. The van der Waals surface area contributed by atoms with E-state index in [9.17, 15) is 14.4 Å². The van der Waals surface area contributed by atoms with E-state index in [2.05, 4.69) is 10.1 Å². The van der Waals surface area contributed by atoms with Crippen molar-refractivity contribution in [3.05, 3.63) is 0 Å². The molecule has 1 saturated heterocycles. The van der Waals surface area contributed by atoms with Gasteiger partial charge in [-0.05, 0) is 26.0 Å². The van der Waals surface area contributed by atoms with Crippen molar-refractivity contribution < 1.29 is 19.1 Å². The van der Waals surface area contributed by atoms with Crippen molar-refractivity contribution >= 4 is 29.7 Å². The van der Waals surface area contributed by atoms with Gasteiger partial charge in [0, 0.05) is 12.3 Å². The van der Waals surface area contributed by atoms with Gasteiger partial charge in [0.2, 0.25) is 0 Å². The minimum absolute atomic E-state index is 0.214. The number of methoxy groups -OCH3 is 1. The molecule has 0 aromatic heterocycles. The lowest BCUT2D eigenvalue weighted by Gasteiger charge is -2.15. The Kier molecular flexibility index (Phi) is 5.82. The molecule has 0 radical (unpaired) electrons. The zero-order valence-electron chi connectivity index (χ0n) is 12.0. The number of hydrogen-bond acceptors (Lipinski definition) is 6. The predicted octanol–water partition coefficient (Wildman–Crippen LogP) is -0.0596. The van der Waals surface area contributed by atoms with Crippen molar-refractivity contribution in [1.82, 2.24) is 10.2 Å². The third-order valence-electron chi connectivity index (χ3n) is 2.98. The summed E-state index contributed by atoms with van der Waals surface area (Å²) in [7, 11) is 1.30. The number of ether oxygens (including phenoxy) is 1. The predicted molar refractivity (Wildman–Crippen MR) is 76.3 cm³/mol. The van der Waals surface area contributed by atoms with Crippen molar-refractivity contribution in [3.63, 3.8) is 0 Å². The highest BCUT2D eigenvalue weighted by Gasteiger charge is 2.43. The van der Waals surface area contributed by atoms with Crippen LogP contribution >= 0.6 is 11.8 Å². The molecule has 7 nitrogen and oxygen atoms in total. The largest absolute Gasteiger partial charge is 0.468 e. The Morgan fingerprint density at radius 3 is 2.60 bits per heavy atom. The number of nitrogens with two attached hydrogens (primary N) is 1. The van der Waals surface area contributed by atoms with Crippen molar-refractivity contribution in [2.75, 3.05) is 25.2 Å². The van der Waals surface area contributed by atoms with E-state index in [1.165, 1.54) is 23.8 Å². The zero-order chi connectivity index (χ0) is 15.3. The first-order valence-corrected chi connectivity index (χ1v) is 7.50. The summed E-state index contributed by atoms with van der Waals surface area (Å²) in [4.78, 5) is 35.8. The van der Waals surface area contributed by atoms with Crippen LogP contribution < -0.4 is 11.1 Å². The van der Waals surface area contributed by atoms with Crippen molar-refractivity contribution in [1.29, 1.82) is 0 Å². The fourth-order valence-electron chi connectivity index (χ4n) is 1.76. The second kappa shape index (κ2) is 6.94. The van der Waals surface area contributed by atoms with E-state index in [1.54, 1.807) is 13.8 Å². The Balaban J connectivity index is 2.24. The number of carbonyl (C=O) groups is 3. The molecule has 1 heterocycles. The standard InChI is InChI=1S/C12H21N3O4S/c1-12(2)10(17)15(11(18)14-12)5-7-20-6-4-8(13)9(16)19-3/h8H,4-7,13H2,1-3H3,(H,14,18). The maximum Gasteiger partial charge on any atom is 0.325 e. The van der Waals surface area contributed by atoms with Gasteiger partial charge in [-0.25, -0.2) is 4.79 Å².